The van der Waals surface area contributed by atoms with Gasteiger partial charge in [0.25, 0.3) is 0 Å². The van der Waals surface area contributed by atoms with E-state index in [-0.39, 0.29) is 24.2 Å². The number of alkyl halides is 3. The number of carboxylic acid groups (broad SMARTS) is 1. The SMILES string of the molecule is Cc1cc(CN2CC[C@H]3C[C@@H](C(=O)NC(C)C)O[C@@H]3C2)no1.O=C(O)C(F)(F)F. The van der Waals surface area contributed by atoms with Gasteiger partial charge < -0.3 is 19.7 Å². The fourth-order valence-corrected chi connectivity index (χ4v) is 3.41. The minimum atomic E-state index is -5.08. The van der Waals surface area contributed by atoms with Crippen LogP contribution in [0.1, 0.15) is 38.1 Å². The lowest BCUT2D eigenvalue weighted by atomic mass is 9.91. The van der Waals surface area contributed by atoms with Crippen molar-refractivity contribution < 1.29 is 37.1 Å². The minimum absolute atomic E-state index is 0.0306. The molecule has 0 spiro atoms. The highest BCUT2D eigenvalue weighted by molar-refractivity contribution is 5.81. The van der Waals surface area contributed by atoms with Gasteiger partial charge in [-0.05, 0) is 46.1 Å². The Balaban J connectivity index is 0.000000370. The first-order chi connectivity index (χ1) is 13.5. The number of amides is 1. The Morgan fingerprint density at radius 1 is 1.41 bits per heavy atom. The maximum absolute atomic E-state index is 12.1. The number of aromatic nitrogens is 1. The average Bonchev–Trinajstić information content (AvgIpc) is 3.19. The highest BCUT2D eigenvalue weighted by Gasteiger charge is 2.42. The van der Waals surface area contributed by atoms with Crippen molar-refractivity contribution in [3.63, 3.8) is 0 Å². The fraction of sp³-hybridized carbons (Fsp3) is 0.722. The van der Waals surface area contributed by atoms with Gasteiger partial charge in [0.15, 0.2) is 0 Å². The molecule has 1 aromatic rings. The number of aliphatic carboxylic acids is 1. The van der Waals surface area contributed by atoms with E-state index in [0.717, 1.165) is 43.9 Å². The number of likely N-dealkylation sites (tertiary alicyclic amines) is 1. The van der Waals surface area contributed by atoms with Crippen LogP contribution in [0.25, 0.3) is 0 Å². The van der Waals surface area contributed by atoms with Gasteiger partial charge in [-0.25, -0.2) is 4.79 Å². The zero-order chi connectivity index (χ0) is 21.8. The molecule has 164 valence electrons. The van der Waals surface area contributed by atoms with Gasteiger partial charge in [-0.1, -0.05) is 5.16 Å². The van der Waals surface area contributed by atoms with E-state index in [1.807, 2.05) is 26.8 Å². The molecule has 2 aliphatic rings. The van der Waals surface area contributed by atoms with Gasteiger partial charge in [0, 0.05) is 25.2 Å². The van der Waals surface area contributed by atoms with Gasteiger partial charge in [-0.2, -0.15) is 13.2 Å². The minimum Gasteiger partial charge on any atom is -0.475 e. The van der Waals surface area contributed by atoms with Crippen molar-refractivity contribution in [3.8, 4) is 0 Å². The third kappa shape index (κ3) is 7.00. The molecule has 8 nitrogen and oxygen atoms in total. The largest absolute Gasteiger partial charge is 0.490 e. The fourth-order valence-electron chi connectivity index (χ4n) is 3.41. The molecule has 2 aliphatic heterocycles. The number of carbonyl (C=O) groups excluding carboxylic acids is 1. The zero-order valence-electron chi connectivity index (χ0n) is 16.5. The van der Waals surface area contributed by atoms with Gasteiger partial charge in [-0.3, -0.25) is 9.69 Å². The van der Waals surface area contributed by atoms with E-state index in [1.165, 1.54) is 0 Å². The summed E-state index contributed by atoms with van der Waals surface area (Å²) in [6.07, 6.45) is -3.29. The Morgan fingerprint density at radius 3 is 2.59 bits per heavy atom. The smallest absolute Gasteiger partial charge is 0.475 e. The van der Waals surface area contributed by atoms with Crippen molar-refractivity contribution in [2.75, 3.05) is 13.1 Å². The zero-order valence-corrected chi connectivity index (χ0v) is 16.5. The molecule has 0 radical (unpaired) electrons. The molecule has 3 rings (SSSR count). The van der Waals surface area contributed by atoms with Crippen LogP contribution >= 0.6 is 0 Å². The third-order valence-electron chi connectivity index (χ3n) is 4.66. The molecule has 3 atom stereocenters. The van der Waals surface area contributed by atoms with Crippen LogP contribution in [0.3, 0.4) is 0 Å². The summed E-state index contributed by atoms with van der Waals surface area (Å²) in [4.78, 5) is 23.3. The Morgan fingerprint density at radius 2 is 2.07 bits per heavy atom. The van der Waals surface area contributed by atoms with Gasteiger partial charge in [-0.15, -0.1) is 0 Å². The predicted molar refractivity (Wildman–Crippen MR) is 94.9 cm³/mol. The standard InChI is InChI=1S/C16H25N3O3.C2HF3O2/c1-10(2)17-16(20)14-7-12-4-5-19(9-15(12)21-14)8-13-6-11(3)22-18-13;3-2(4,5)1(6)7/h6,10,12,14-15H,4-5,7-9H2,1-3H3,(H,17,20);(H,6,7)/t12-,14-,15+;/m0./s1. The molecule has 1 aromatic heterocycles. The molecule has 0 aromatic carbocycles. The second kappa shape index (κ2) is 9.57. The van der Waals surface area contributed by atoms with Crippen LogP contribution in [0.4, 0.5) is 13.2 Å². The average molecular weight is 421 g/mol. The summed E-state index contributed by atoms with van der Waals surface area (Å²) in [5.74, 6) is -1.39. The summed E-state index contributed by atoms with van der Waals surface area (Å²) in [6, 6.07) is 2.13. The molecule has 11 heteroatoms. The Labute approximate surface area is 166 Å². The number of carboxylic acids is 1. The lowest BCUT2D eigenvalue weighted by molar-refractivity contribution is -0.192. The molecule has 0 unspecified atom stereocenters. The van der Waals surface area contributed by atoms with Crippen molar-refractivity contribution in [1.29, 1.82) is 0 Å². The highest BCUT2D eigenvalue weighted by atomic mass is 19.4. The summed E-state index contributed by atoms with van der Waals surface area (Å²) in [5.41, 5.74) is 0.961. The van der Waals surface area contributed by atoms with Crippen LogP contribution < -0.4 is 5.32 Å². The van der Waals surface area contributed by atoms with Crippen molar-refractivity contribution in [3.05, 3.63) is 17.5 Å². The van der Waals surface area contributed by atoms with Crippen molar-refractivity contribution in [2.45, 2.75) is 64.6 Å². The van der Waals surface area contributed by atoms with E-state index >= 15 is 0 Å². The van der Waals surface area contributed by atoms with Crippen molar-refractivity contribution in [2.24, 2.45) is 5.92 Å². The highest BCUT2D eigenvalue weighted by Crippen LogP contribution is 2.33. The monoisotopic (exact) mass is 421 g/mol. The molecule has 3 heterocycles. The lowest BCUT2D eigenvalue weighted by Gasteiger charge is -2.33. The molecule has 0 saturated carbocycles. The number of nitrogens with one attached hydrogen (secondary N) is 1. The number of rotatable bonds is 4. The summed E-state index contributed by atoms with van der Waals surface area (Å²) in [5, 5.41) is 14.1. The second-order valence-corrected chi connectivity index (χ2v) is 7.58. The Bertz CT molecular complexity index is 707. The quantitative estimate of drug-likeness (QED) is 0.767. The number of nitrogens with zero attached hydrogens (tertiary/aromatic N) is 2. The second-order valence-electron chi connectivity index (χ2n) is 7.58. The van der Waals surface area contributed by atoms with Gasteiger partial charge in [0.1, 0.15) is 11.9 Å². The van der Waals surface area contributed by atoms with Crippen LogP contribution in [0, 0.1) is 12.8 Å². The first-order valence-electron chi connectivity index (χ1n) is 9.36. The first kappa shape index (κ1) is 23.1. The number of fused-ring (bicyclic) bond motifs is 1. The molecule has 2 saturated heterocycles. The number of piperidine rings is 1. The van der Waals surface area contributed by atoms with Crippen molar-refractivity contribution in [1.82, 2.24) is 15.4 Å². The molecule has 0 aliphatic carbocycles. The number of ether oxygens (including phenoxy) is 1. The van der Waals surface area contributed by atoms with Crippen LogP contribution in [-0.2, 0) is 20.9 Å². The third-order valence-corrected chi connectivity index (χ3v) is 4.66. The summed E-state index contributed by atoms with van der Waals surface area (Å²) < 4.78 is 42.9. The van der Waals surface area contributed by atoms with Crippen LogP contribution in [0.5, 0.6) is 0 Å². The van der Waals surface area contributed by atoms with E-state index in [9.17, 15) is 18.0 Å². The Hall–Kier alpha value is -2.14. The number of carbonyl (C=O) groups is 2. The van der Waals surface area contributed by atoms with E-state index in [4.69, 9.17) is 19.2 Å². The van der Waals surface area contributed by atoms with E-state index in [0.29, 0.717) is 5.92 Å². The van der Waals surface area contributed by atoms with Crippen LogP contribution in [0.2, 0.25) is 0 Å². The predicted octanol–water partition coefficient (Wildman–Crippen LogP) is 2.12. The normalized spacial score (nSPS) is 24.6. The Kier molecular flexibility index (Phi) is 7.64. The van der Waals surface area contributed by atoms with Crippen LogP contribution in [0.15, 0.2) is 10.6 Å². The summed E-state index contributed by atoms with van der Waals surface area (Å²) in [6.45, 7) is 8.52. The van der Waals surface area contributed by atoms with Crippen molar-refractivity contribution >= 4 is 11.9 Å². The number of aryl methyl sites for hydroxylation is 1. The molecular weight excluding hydrogens is 395 g/mol. The number of halogens is 3. The van der Waals surface area contributed by atoms with Gasteiger partial charge >= 0.3 is 12.1 Å². The molecular formula is C18H26F3N3O5. The molecule has 29 heavy (non-hydrogen) atoms. The summed E-state index contributed by atoms with van der Waals surface area (Å²) >= 11 is 0. The first-order valence-corrected chi connectivity index (χ1v) is 9.36. The van der Waals surface area contributed by atoms with Crippen LogP contribution in [-0.4, -0.2) is 64.6 Å². The maximum Gasteiger partial charge on any atom is 0.490 e. The van der Waals surface area contributed by atoms with Gasteiger partial charge in [0.2, 0.25) is 5.91 Å². The molecule has 2 fully saturated rings. The molecule has 1 amide bonds. The lowest BCUT2D eigenvalue weighted by Crippen LogP contribution is -2.42. The van der Waals surface area contributed by atoms with E-state index < -0.39 is 12.1 Å². The van der Waals surface area contributed by atoms with Gasteiger partial charge in [0.05, 0.1) is 11.8 Å². The van der Waals surface area contributed by atoms with E-state index in [2.05, 4.69) is 15.4 Å². The topological polar surface area (TPSA) is 105 Å². The molecule has 2 N–H and O–H groups in total. The summed E-state index contributed by atoms with van der Waals surface area (Å²) in [7, 11) is 0. The number of hydrogen-bond donors (Lipinski definition) is 2. The molecule has 0 bridgehead atoms. The van der Waals surface area contributed by atoms with E-state index in [1.54, 1.807) is 0 Å². The number of hydrogen-bond acceptors (Lipinski definition) is 6. The maximum atomic E-state index is 12.1.